The molecule has 0 radical (unpaired) electrons. The number of carboxylic acids is 1. The molecule has 0 heterocycles. The highest BCUT2D eigenvalue weighted by Crippen LogP contribution is 2.27. The van der Waals surface area contributed by atoms with E-state index in [1.54, 1.807) is 36.4 Å². The highest BCUT2D eigenvalue weighted by atomic mass is 35.5. The fraction of sp³-hybridized carbons (Fsp3) is 0.269. The Labute approximate surface area is 204 Å². The highest BCUT2D eigenvalue weighted by Gasteiger charge is 2.20. The minimum Gasteiger partial charge on any atom is -0.489 e. The number of hydrogen-bond acceptors (Lipinski definition) is 4. The number of ether oxygens (including phenoxy) is 1. The molecule has 0 spiro atoms. The Bertz CT molecular complexity index is 1090. The smallest absolute Gasteiger partial charge is 0.335 e. The van der Waals surface area contributed by atoms with Gasteiger partial charge >= 0.3 is 5.97 Å². The fourth-order valence-electron chi connectivity index (χ4n) is 4.02. The number of carbonyl (C=O) groups is 1. The van der Waals surface area contributed by atoms with Crippen LogP contribution in [0.5, 0.6) is 5.75 Å². The molecule has 0 bridgehead atoms. The van der Waals surface area contributed by atoms with E-state index in [2.05, 4.69) is 17.4 Å². The van der Waals surface area contributed by atoms with Gasteiger partial charge in [0.15, 0.2) is 0 Å². The summed E-state index contributed by atoms with van der Waals surface area (Å²) in [7, 11) is 0. The molecule has 1 aliphatic rings. The van der Waals surface area contributed by atoms with Crippen molar-refractivity contribution in [1.82, 2.24) is 5.32 Å². The van der Waals surface area contributed by atoms with Crippen LogP contribution in [-0.4, -0.2) is 28.8 Å². The third-order valence-electron chi connectivity index (χ3n) is 5.85. The van der Waals surface area contributed by atoms with E-state index in [0.29, 0.717) is 18.2 Å². The van der Waals surface area contributed by atoms with Crippen molar-refractivity contribution in [2.24, 2.45) is 0 Å². The van der Waals surface area contributed by atoms with Crippen molar-refractivity contribution in [3.05, 3.63) is 99.6 Å². The molecule has 0 amide bonds. The molecule has 1 aliphatic carbocycles. The van der Waals surface area contributed by atoms with E-state index in [9.17, 15) is 9.90 Å². The number of fused-ring (bicyclic) bond motifs is 1. The standard InChI is InChI=1S/C26H26ClNO4.ClH/c27-22-3-1-2-20(12-22)25(29)15-28-23-10-8-18-9-11-24(14-21(18)13-23)32-16-17-4-6-19(7-5-17)26(30)31;/h1-7,9,11-12,14,23,25,28-29H,8,10,13,15-16H2,(H,30,31);1H/t23-,25+;/m0./s1. The molecule has 7 heteroatoms. The Morgan fingerprint density at radius 3 is 2.61 bits per heavy atom. The first-order valence-electron chi connectivity index (χ1n) is 10.7. The molecular weight excluding hydrogens is 461 g/mol. The molecule has 0 fully saturated rings. The lowest BCUT2D eigenvalue weighted by Gasteiger charge is -2.27. The van der Waals surface area contributed by atoms with E-state index in [4.69, 9.17) is 21.4 Å². The van der Waals surface area contributed by atoms with Crippen molar-refractivity contribution in [3.8, 4) is 5.75 Å². The summed E-state index contributed by atoms with van der Waals surface area (Å²) in [5.74, 6) is -0.138. The molecule has 5 nitrogen and oxygen atoms in total. The second kappa shape index (κ2) is 11.5. The summed E-state index contributed by atoms with van der Waals surface area (Å²) in [6, 6.07) is 20.5. The van der Waals surface area contributed by atoms with Crippen LogP contribution in [0.4, 0.5) is 0 Å². The van der Waals surface area contributed by atoms with Gasteiger partial charge in [-0.2, -0.15) is 0 Å². The zero-order chi connectivity index (χ0) is 22.5. The van der Waals surface area contributed by atoms with Gasteiger partial charge in [0.05, 0.1) is 11.7 Å². The number of carboxylic acid groups (broad SMARTS) is 1. The van der Waals surface area contributed by atoms with Crippen molar-refractivity contribution in [2.75, 3.05) is 6.54 Å². The molecule has 0 aliphatic heterocycles. The summed E-state index contributed by atoms with van der Waals surface area (Å²) in [5, 5.41) is 23.6. The van der Waals surface area contributed by atoms with Gasteiger partial charge < -0.3 is 20.3 Å². The molecule has 0 saturated heterocycles. The average Bonchev–Trinajstić information content (AvgIpc) is 2.81. The van der Waals surface area contributed by atoms with Crippen molar-refractivity contribution in [2.45, 2.75) is 38.0 Å². The lowest BCUT2D eigenvalue weighted by Crippen LogP contribution is -2.37. The van der Waals surface area contributed by atoms with E-state index in [-0.39, 0.29) is 24.0 Å². The zero-order valence-corrected chi connectivity index (χ0v) is 19.6. The fourth-order valence-corrected chi connectivity index (χ4v) is 4.22. The third kappa shape index (κ3) is 6.71. The van der Waals surface area contributed by atoms with Gasteiger partial charge in [-0.15, -0.1) is 12.4 Å². The van der Waals surface area contributed by atoms with Crippen LogP contribution in [0, 0.1) is 0 Å². The highest BCUT2D eigenvalue weighted by molar-refractivity contribution is 6.30. The van der Waals surface area contributed by atoms with Gasteiger partial charge in [0.1, 0.15) is 12.4 Å². The summed E-state index contributed by atoms with van der Waals surface area (Å²) < 4.78 is 5.94. The van der Waals surface area contributed by atoms with Crippen LogP contribution in [0.3, 0.4) is 0 Å². The zero-order valence-electron chi connectivity index (χ0n) is 18.0. The topological polar surface area (TPSA) is 78.8 Å². The molecule has 4 rings (SSSR count). The number of rotatable bonds is 8. The monoisotopic (exact) mass is 487 g/mol. The first-order chi connectivity index (χ1) is 15.5. The van der Waals surface area contributed by atoms with Crippen molar-refractivity contribution in [1.29, 1.82) is 0 Å². The molecule has 0 unspecified atom stereocenters. The van der Waals surface area contributed by atoms with Gasteiger partial charge in [-0.05, 0) is 77.9 Å². The predicted octanol–water partition coefficient (Wildman–Crippen LogP) is 5.22. The second-order valence-corrected chi connectivity index (χ2v) is 8.58. The van der Waals surface area contributed by atoms with E-state index in [0.717, 1.165) is 36.1 Å². The van der Waals surface area contributed by atoms with Gasteiger partial charge in [0.2, 0.25) is 0 Å². The predicted molar refractivity (Wildman–Crippen MR) is 132 cm³/mol. The van der Waals surface area contributed by atoms with Crippen molar-refractivity contribution in [3.63, 3.8) is 0 Å². The van der Waals surface area contributed by atoms with Crippen LogP contribution >= 0.6 is 24.0 Å². The van der Waals surface area contributed by atoms with Crippen LogP contribution in [0.2, 0.25) is 5.02 Å². The number of aromatic carboxylic acids is 1. The van der Waals surface area contributed by atoms with Gasteiger partial charge in [-0.1, -0.05) is 41.9 Å². The quantitative estimate of drug-likeness (QED) is 0.405. The average molecular weight is 488 g/mol. The molecule has 0 saturated carbocycles. The molecule has 0 aromatic heterocycles. The first-order valence-corrected chi connectivity index (χ1v) is 11.1. The van der Waals surface area contributed by atoms with Crippen molar-refractivity contribution >= 4 is 30.0 Å². The molecule has 33 heavy (non-hydrogen) atoms. The Balaban J connectivity index is 0.00000306. The molecular formula is C26H27Cl2NO4. The van der Waals surface area contributed by atoms with Crippen LogP contribution < -0.4 is 10.1 Å². The molecule has 174 valence electrons. The van der Waals surface area contributed by atoms with Gasteiger partial charge in [0.25, 0.3) is 0 Å². The molecule has 3 aromatic rings. The number of aliphatic hydroxyl groups excluding tert-OH is 1. The lowest BCUT2D eigenvalue weighted by molar-refractivity contribution is 0.0697. The summed E-state index contributed by atoms with van der Waals surface area (Å²) >= 11 is 6.03. The molecule has 3 aromatic carbocycles. The minimum atomic E-state index is -0.935. The Morgan fingerprint density at radius 2 is 1.88 bits per heavy atom. The number of hydrogen-bond donors (Lipinski definition) is 3. The summed E-state index contributed by atoms with van der Waals surface area (Å²) in [5.41, 5.74) is 4.58. The maximum absolute atomic E-state index is 11.0. The van der Waals surface area contributed by atoms with E-state index < -0.39 is 12.1 Å². The number of benzene rings is 3. The maximum atomic E-state index is 11.0. The van der Waals surface area contributed by atoms with Gasteiger partial charge in [-0.3, -0.25) is 0 Å². The maximum Gasteiger partial charge on any atom is 0.335 e. The third-order valence-corrected chi connectivity index (χ3v) is 6.08. The summed E-state index contributed by atoms with van der Waals surface area (Å²) in [6.07, 6.45) is 2.28. The first kappa shape index (κ1) is 25.1. The molecule has 2 atom stereocenters. The van der Waals surface area contributed by atoms with Gasteiger partial charge in [-0.25, -0.2) is 4.79 Å². The lowest BCUT2D eigenvalue weighted by atomic mass is 9.88. The van der Waals surface area contributed by atoms with Crippen molar-refractivity contribution < 1.29 is 19.7 Å². The van der Waals surface area contributed by atoms with Crippen LogP contribution in [0.15, 0.2) is 66.7 Å². The summed E-state index contributed by atoms with van der Waals surface area (Å²) in [4.78, 5) is 11.0. The van der Waals surface area contributed by atoms with Crippen LogP contribution in [0.1, 0.15) is 45.1 Å². The number of aliphatic hydroxyl groups is 1. The summed E-state index contributed by atoms with van der Waals surface area (Å²) in [6.45, 7) is 0.856. The van der Waals surface area contributed by atoms with Crippen LogP contribution in [0.25, 0.3) is 0 Å². The molecule has 3 N–H and O–H groups in total. The SMILES string of the molecule is Cl.O=C(O)c1ccc(COc2ccc3c(c2)C[C@@H](NC[C@@H](O)c2cccc(Cl)c2)CC3)cc1. The normalized spacial score (nSPS) is 15.8. The van der Waals surface area contributed by atoms with E-state index in [1.807, 2.05) is 18.2 Å². The van der Waals surface area contributed by atoms with E-state index >= 15 is 0 Å². The van der Waals surface area contributed by atoms with Gasteiger partial charge in [0, 0.05) is 17.6 Å². The minimum absolute atomic E-state index is 0. The van der Waals surface area contributed by atoms with E-state index in [1.165, 1.54) is 11.1 Å². The number of aryl methyl sites for hydroxylation is 1. The number of nitrogens with one attached hydrogen (secondary N) is 1. The Morgan fingerprint density at radius 1 is 1.09 bits per heavy atom. The Hall–Kier alpha value is -2.57. The Kier molecular flexibility index (Phi) is 8.75. The van der Waals surface area contributed by atoms with Crippen LogP contribution in [-0.2, 0) is 19.4 Å². The largest absolute Gasteiger partial charge is 0.489 e. The number of halogens is 2. The second-order valence-electron chi connectivity index (χ2n) is 8.14.